The molecule has 1 aliphatic carbocycles. The number of non-ortho nitro benzene ring substituents is 1. The van der Waals surface area contributed by atoms with Crippen LogP contribution in [-0.4, -0.2) is 14.5 Å². The number of imidazole rings is 1. The fraction of sp³-hybridized carbons (Fsp3) is 0.550. The Morgan fingerprint density at radius 1 is 1.28 bits per heavy atom. The van der Waals surface area contributed by atoms with Crippen LogP contribution in [0.5, 0.6) is 0 Å². The summed E-state index contributed by atoms with van der Waals surface area (Å²) in [5.41, 5.74) is 3.17. The molecule has 5 nitrogen and oxygen atoms in total. The van der Waals surface area contributed by atoms with Crippen LogP contribution in [0.3, 0.4) is 0 Å². The lowest BCUT2D eigenvalue weighted by Crippen LogP contribution is -2.16. The summed E-state index contributed by atoms with van der Waals surface area (Å²) in [5.74, 6) is 1.04. The summed E-state index contributed by atoms with van der Waals surface area (Å²) in [6, 6.07) is 7.42. The molecule has 0 unspecified atom stereocenters. The number of nitrogens with zero attached hydrogens (tertiary/aromatic N) is 3. The first kappa shape index (κ1) is 17.6. The smallest absolute Gasteiger partial charge is 0.270 e. The third-order valence-electron chi connectivity index (χ3n) is 5.22. The molecule has 0 atom stereocenters. The molecule has 0 aliphatic heterocycles. The van der Waals surface area contributed by atoms with Crippen molar-refractivity contribution in [3.8, 4) is 11.3 Å². The minimum absolute atomic E-state index is 0.129. The van der Waals surface area contributed by atoms with Gasteiger partial charge in [0.15, 0.2) is 0 Å². The monoisotopic (exact) mass is 341 g/mol. The van der Waals surface area contributed by atoms with Crippen LogP contribution in [-0.2, 0) is 6.42 Å². The van der Waals surface area contributed by atoms with E-state index in [2.05, 4.69) is 18.4 Å². The molecular weight excluding hydrogens is 314 g/mol. The quantitative estimate of drug-likeness (QED) is 0.506. The number of unbranched alkanes of at least 4 members (excludes halogenated alkanes) is 1. The Bertz CT molecular complexity index is 745. The molecule has 0 bridgehead atoms. The first-order valence-corrected chi connectivity index (χ1v) is 9.44. The van der Waals surface area contributed by atoms with Crippen LogP contribution < -0.4 is 0 Å². The van der Waals surface area contributed by atoms with Crippen LogP contribution in [0.15, 0.2) is 24.3 Å². The topological polar surface area (TPSA) is 61.0 Å². The number of hydrogen-bond donors (Lipinski definition) is 0. The maximum absolute atomic E-state index is 11.1. The van der Waals surface area contributed by atoms with Crippen LogP contribution in [0.4, 0.5) is 5.69 Å². The second-order valence-corrected chi connectivity index (χ2v) is 7.03. The van der Waals surface area contributed by atoms with Gasteiger partial charge in [-0.25, -0.2) is 4.98 Å². The van der Waals surface area contributed by atoms with E-state index in [1.165, 1.54) is 37.8 Å². The van der Waals surface area contributed by atoms with Crippen molar-refractivity contribution in [3.63, 3.8) is 0 Å². The van der Waals surface area contributed by atoms with Crippen molar-refractivity contribution in [2.45, 2.75) is 71.3 Å². The maximum atomic E-state index is 11.1. The van der Waals surface area contributed by atoms with E-state index in [-0.39, 0.29) is 10.6 Å². The molecule has 1 aliphatic rings. The fourth-order valence-corrected chi connectivity index (χ4v) is 3.99. The van der Waals surface area contributed by atoms with Gasteiger partial charge in [0, 0.05) is 29.4 Å². The molecular formula is C20H27N3O2. The minimum atomic E-state index is -0.333. The van der Waals surface area contributed by atoms with E-state index in [1.54, 1.807) is 18.2 Å². The van der Waals surface area contributed by atoms with Gasteiger partial charge in [0.1, 0.15) is 5.82 Å². The predicted octanol–water partition coefficient (Wildman–Crippen LogP) is 5.61. The van der Waals surface area contributed by atoms with Gasteiger partial charge in [-0.1, -0.05) is 44.7 Å². The Morgan fingerprint density at radius 3 is 2.72 bits per heavy atom. The highest BCUT2D eigenvalue weighted by molar-refractivity contribution is 5.65. The number of nitro benzene ring substituents is 1. The van der Waals surface area contributed by atoms with Gasteiger partial charge in [0.2, 0.25) is 0 Å². The zero-order valence-electron chi connectivity index (χ0n) is 15.2. The molecule has 1 saturated carbocycles. The summed E-state index contributed by atoms with van der Waals surface area (Å²) in [6.07, 6.45) is 9.53. The lowest BCUT2D eigenvalue weighted by Gasteiger charge is -2.26. The number of nitro groups is 1. The van der Waals surface area contributed by atoms with Gasteiger partial charge in [-0.15, -0.1) is 0 Å². The minimum Gasteiger partial charge on any atom is -0.329 e. The molecule has 2 aromatic rings. The van der Waals surface area contributed by atoms with Crippen LogP contribution in [0.2, 0.25) is 0 Å². The number of aromatic nitrogens is 2. The van der Waals surface area contributed by atoms with Crippen molar-refractivity contribution in [3.05, 3.63) is 45.9 Å². The summed E-state index contributed by atoms with van der Waals surface area (Å²) in [4.78, 5) is 15.7. The zero-order chi connectivity index (χ0) is 17.8. The summed E-state index contributed by atoms with van der Waals surface area (Å²) in [6.45, 7) is 4.27. The standard InChI is InChI=1S/C20H27N3O2/c1-3-4-13-19-20(16-9-8-12-18(14-16)23(24)25)21-15(2)22(19)17-10-6-5-7-11-17/h8-9,12,14,17H,3-7,10-11,13H2,1-2H3. The van der Waals surface area contributed by atoms with Crippen LogP contribution in [0.1, 0.15) is 69.4 Å². The molecule has 1 aromatic heterocycles. The van der Waals surface area contributed by atoms with E-state index in [0.29, 0.717) is 6.04 Å². The van der Waals surface area contributed by atoms with Crippen molar-refractivity contribution in [2.24, 2.45) is 0 Å². The van der Waals surface area contributed by atoms with Gasteiger partial charge in [-0.3, -0.25) is 10.1 Å². The molecule has 0 spiro atoms. The lowest BCUT2D eigenvalue weighted by atomic mass is 9.94. The molecule has 0 N–H and O–H groups in total. The second kappa shape index (κ2) is 7.81. The van der Waals surface area contributed by atoms with Crippen LogP contribution >= 0.6 is 0 Å². The number of benzene rings is 1. The van der Waals surface area contributed by atoms with Crippen molar-refractivity contribution in [2.75, 3.05) is 0 Å². The molecule has 3 rings (SSSR count). The molecule has 25 heavy (non-hydrogen) atoms. The molecule has 1 fully saturated rings. The first-order valence-electron chi connectivity index (χ1n) is 9.44. The summed E-state index contributed by atoms with van der Waals surface area (Å²) in [5, 5.41) is 11.1. The van der Waals surface area contributed by atoms with E-state index in [9.17, 15) is 10.1 Å². The van der Waals surface area contributed by atoms with Crippen molar-refractivity contribution >= 4 is 5.69 Å². The van der Waals surface area contributed by atoms with Crippen molar-refractivity contribution < 1.29 is 4.92 Å². The summed E-state index contributed by atoms with van der Waals surface area (Å²) >= 11 is 0. The Balaban J connectivity index is 2.06. The van der Waals surface area contributed by atoms with Gasteiger partial charge >= 0.3 is 0 Å². The van der Waals surface area contributed by atoms with E-state index in [1.807, 2.05) is 6.07 Å². The van der Waals surface area contributed by atoms with E-state index < -0.39 is 0 Å². The average Bonchev–Trinajstić information content (AvgIpc) is 2.97. The van der Waals surface area contributed by atoms with Gasteiger partial charge in [-0.2, -0.15) is 0 Å². The maximum Gasteiger partial charge on any atom is 0.270 e. The summed E-state index contributed by atoms with van der Waals surface area (Å²) in [7, 11) is 0. The Kier molecular flexibility index (Phi) is 5.51. The van der Waals surface area contributed by atoms with Crippen molar-refractivity contribution in [1.29, 1.82) is 0 Å². The molecule has 0 radical (unpaired) electrons. The third kappa shape index (κ3) is 3.75. The lowest BCUT2D eigenvalue weighted by molar-refractivity contribution is -0.384. The Hall–Kier alpha value is -2.17. The Labute approximate surface area is 149 Å². The number of rotatable bonds is 6. The molecule has 1 aromatic carbocycles. The largest absolute Gasteiger partial charge is 0.329 e. The van der Waals surface area contributed by atoms with Gasteiger partial charge in [0.05, 0.1) is 10.6 Å². The normalized spacial score (nSPS) is 15.4. The highest BCUT2D eigenvalue weighted by Crippen LogP contribution is 2.35. The third-order valence-corrected chi connectivity index (χ3v) is 5.22. The number of aryl methyl sites for hydroxylation is 1. The van der Waals surface area contributed by atoms with Crippen LogP contribution in [0.25, 0.3) is 11.3 Å². The van der Waals surface area contributed by atoms with Gasteiger partial charge < -0.3 is 4.57 Å². The SMILES string of the molecule is CCCCc1c(-c2cccc([N+](=O)[O-])c2)nc(C)n1C1CCCCC1. The van der Waals surface area contributed by atoms with Gasteiger partial charge in [0.25, 0.3) is 5.69 Å². The molecule has 5 heteroatoms. The average molecular weight is 341 g/mol. The van der Waals surface area contributed by atoms with Crippen molar-refractivity contribution in [1.82, 2.24) is 9.55 Å². The highest BCUT2D eigenvalue weighted by Gasteiger charge is 2.24. The highest BCUT2D eigenvalue weighted by atomic mass is 16.6. The molecule has 0 saturated heterocycles. The molecule has 134 valence electrons. The molecule has 1 heterocycles. The number of hydrogen-bond acceptors (Lipinski definition) is 3. The van der Waals surface area contributed by atoms with Crippen LogP contribution in [0, 0.1) is 17.0 Å². The first-order chi connectivity index (χ1) is 12.1. The Morgan fingerprint density at radius 2 is 2.04 bits per heavy atom. The van der Waals surface area contributed by atoms with E-state index in [0.717, 1.165) is 36.3 Å². The molecule has 0 amide bonds. The second-order valence-electron chi connectivity index (χ2n) is 7.03. The fourth-order valence-electron chi connectivity index (χ4n) is 3.99. The van der Waals surface area contributed by atoms with E-state index >= 15 is 0 Å². The van der Waals surface area contributed by atoms with E-state index in [4.69, 9.17) is 4.98 Å². The zero-order valence-corrected chi connectivity index (χ0v) is 15.2. The summed E-state index contributed by atoms with van der Waals surface area (Å²) < 4.78 is 2.43. The van der Waals surface area contributed by atoms with Gasteiger partial charge in [-0.05, 0) is 32.6 Å². The predicted molar refractivity (Wildman–Crippen MR) is 99.8 cm³/mol.